The van der Waals surface area contributed by atoms with Gasteiger partial charge in [0.05, 0.1) is 11.7 Å². The summed E-state index contributed by atoms with van der Waals surface area (Å²) in [6.45, 7) is 3.18. The number of H-pyrrole nitrogens is 1. The summed E-state index contributed by atoms with van der Waals surface area (Å²) in [7, 11) is 0. The third-order valence-electron chi connectivity index (χ3n) is 5.78. The van der Waals surface area contributed by atoms with Gasteiger partial charge in [0.1, 0.15) is 39.3 Å². The Labute approximate surface area is 208 Å². The van der Waals surface area contributed by atoms with Gasteiger partial charge in [0.15, 0.2) is 0 Å². The summed E-state index contributed by atoms with van der Waals surface area (Å²) >= 11 is 1.12. The normalized spacial score (nSPS) is 13.7. The lowest BCUT2D eigenvalue weighted by Gasteiger charge is -2.34. The predicted octanol–water partition coefficient (Wildman–Crippen LogP) is 2.86. The number of primary amides is 1. The number of benzene rings is 2. The molecule has 0 radical (unpaired) electrons. The highest BCUT2D eigenvalue weighted by Gasteiger charge is 2.40. The van der Waals surface area contributed by atoms with E-state index in [0.717, 1.165) is 23.5 Å². The van der Waals surface area contributed by atoms with E-state index in [1.807, 2.05) is 0 Å². The predicted molar refractivity (Wildman–Crippen MR) is 128 cm³/mol. The summed E-state index contributed by atoms with van der Waals surface area (Å²) in [5.74, 6) is -2.60. The fourth-order valence-electron chi connectivity index (χ4n) is 3.78. The number of aryl methyl sites for hydroxylation is 1. The zero-order valence-corrected chi connectivity index (χ0v) is 20.1. The molecule has 0 aliphatic heterocycles. The van der Waals surface area contributed by atoms with E-state index in [2.05, 4.69) is 25.5 Å². The van der Waals surface area contributed by atoms with Gasteiger partial charge in [0.2, 0.25) is 5.91 Å². The van der Waals surface area contributed by atoms with E-state index in [1.165, 1.54) is 13.3 Å². The summed E-state index contributed by atoms with van der Waals surface area (Å²) in [6, 6.07) is 8.28. The lowest BCUT2D eigenvalue weighted by Crippen LogP contribution is -2.51. The molecule has 36 heavy (non-hydrogen) atoms. The first-order chi connectivity index (χ1) is 17.1. The van der Waals surface area contributed by atoms with Crippen molar-refractivity contribution in [3.05, 3.63) is 87.9 Å². The van der Waals surface area contributed by atoms with Crippen LogP contribution in [0.15, 0.2) is 48.8 Å². The first-order valence-corrected chi connectivity index (χ1v) is 11.6. The molecule has 12 heteroatoms. The van der Waals surface area contributed by atoms with Crippen molar-refractivity contribution in [1.29, 1.82) is 0 Å². The Morgan fingerprint density at radius 1 is 1.22 bits per heavy atom. The molecular formula is C24H22F2N6O3S. The number of nitrogens with one attached hydrogen (secondary N) is 2. The van der Waals surface area contributed by atoms with Gasteiger partial charge in [-0.05, 0) is 32.0 Å². The summed E-state index contributed by atoms with van der Waals surface area (Å²) in [5, 5.41) is 21.2. The number of nitrogens with two attached hydrogens (primary N) is 1. The van der Waals surface area contributed by atoms with Crippen LogP contribution in [0.5, 0.6) is 0 Å². The summed E-state index contributed by atoms with van der Waals surface area (Å²) in [5.41, 5.74) is 4.57. The van der Waals surface area contributed by atoms with Gasteiger partial charge in [-0.25, -0.2) is 18.7 Å². The number of aromatic nitrogens is 4. The van der Waals surface area contributed by atoms with E-state index in [1.54, 1.807) is 31.2 Å². The van der Waals surface area contributed by atoms with Gasteiger partial charge in [-0.1, -0.05) is 18.2 Å². The second kappa shape index (κ2) is 9.91. The molecular weight excluding hydrogens is 490 g/mol. The minimum absolute atomic E-state index is 0.204. The molecule has 186 valence electrons. The number of hydrogen-bond acceptors (Lipinski definition) is 7. The molecule has 0 fully saturated rings. The summed E-state index contributed by atoms with van der Waals surface area (Å²) in [6.07, 6.45) is 1.01. The van der Waals surface area contributed by atoms with Crippen LogP contribution < -0.4 is 11.1 Å². The van der Waals surface area contributed by atoms with E-state index in [0.29, 0.717) is 27.9 Å². The van der Waals surface area contributed by atoms with Crippen LogP contribution in [0.2, 0.25) is 0 Å². The van der Waals surface area contributed by atoms with Gasteiger partial charge >= 0.3 is 0 Å². The highest BCUT2D eigenvalue weighted by Crippen LogP contribution is 2.33. The highest BCUT2D eigenvalue weighted by molar-refractivity contribution is 7.17. The minimum atomic E-state index is -1.99. The first-order valence-electron chi connectivity index (χ1n) is 10.8. The van der Waals surface area contributed by atoms with Crippen molar-refractivity contribution in [1.82, 2.24) is 25.5 Å². The number of carbonyl (C=O) groups is 2. The molecule has 0 unspecified atom stereocenters. The SMILES string of the molecule is Cc1nc(-c2ccc(C(N)=O)cc2)sc1C(=O)N[C@H](C)[C@@](O)(Cc1ncn[nH]1)c1ccc(F)cc1F. The van der Waals surface area contributed by atoms with Crippen LogP contribution >= 0.6 is 11.3 Å². The van der Waals surface area contributed by atoms with Crippen molar-refractivity contribution in [3.63, 3.8) is 0 Å². The number of nitrogens with zero attached hydrogens (tertiary/aromatic N) is 3. The van der Waals surface area contributed by atoms with Gasteiger partial charge in [0.25, 0.3) is 5.91 Å². The molecule has 2 aromatic carbocycles. The number of halogens is 2. The van der Waals surface area contributed by atoms with Crippen LogP contribution in [0.25, 0.3) is 10.6 Å². The molecule has 0 saturated carbocycles. The van der Waals surface area contributed by atoms with Crippen LogP contribution in [0.1, 0.15) is 44.0 Å². The number of aliphatic hydroxyl groups is 1. The third-order valence-corrected chi connectivity index (χ3v) is 6.99. The Morgan fingerprint density at radius 3 is 2.56 bits per heavy atom. The van der Waals surface area contributed by atoms with Crippen LogP contribution in [0.4, 0.5) is 8.78 Å². The average Bonchev–Trinajstić information content (AvgIpc) is 3.48. The first kappa shape index (κ1) is 25.1. The molecule has 4 rings (SSSR count). The maximum absolute atomic E-state index is 14.7. The number of rotatable bonds is 8. The molecule has 0 saturated heterocycles. The Balaban J connectivity index is 1.61. The fourth-order valence-corrected chi connectivity index (χ4v) is 4.76. The van der Waals surface area contributed by atoms with Crippen LogP contribution in [0, 0.1) is 18.6 Å². The Kier molecular flexibility index (Phi) is 6.91. The molecule has 4 aromatic rings. The topological polar surface area (TPSA) is 147 Å². The van der Waals surface area contributed by atoms with E-state index in [-0.39, 0.29) is 22.7 Å². The molecule has 2 heterocycles. The number of aromatic amines is 1. The zero-order valence-electron chi connectivity index (χ0n) is 19.3. The Bertz CT molecular complexity index is 1410. The number of thiazole rings is 1. The largest absolute Gasteiger partial charge is 0.382 e. The number of carbonyl (C=O) groups excluding carboxylic acids is 2. The number of hydrogen-bond donors (Lipinski definition) is 4. The molecule has 2 atom stereocenters. The molecule has 9 nitrogen and oxygen atoms in total. The second-order valence-electron chi connectivity index (χ2n) is 8.23. The van der Waals surface area contributed by atoms with Crippen molar-refractivity contribution in [2.45, 2.75) is 31.9 Å². The van der Waals surface area contributed by atoms with E-state index in [4.69, 9.17) is 5.73 Å². The van der Waals surface area contributed by atoms with Gasteiger partial charge < -0.3 is 16.2 Å². The molecule has 5 N–H and O–H groups in total. The monoisotopic (exact) mass is 512 g/mol. The van der Waals surface area contributed by atoms with Crippen molar-refractivity contribution in [2.75, 3.05) is 0 Å². The van der Waals surface area contributed by atoms with Gasteiger partial charge in [-0.3, -0.25) is 14.7 Å². The third kappa shape index (κ3) is 4.99. The maximum atomic E-state index is 14.7. The van der Waals surface area contributed by atoms with Crippen LogP contribution in [0.3, 0.4) is 0 Å². The van der Waals surface area contributed by atoms with Gasteiger partial charge in [0, 0.05) is 29.2 Å². The van der Waals surface area contributed by atoms with E-state index < -0.39 is 35.1 Å². The molecule has 0 aliphatic carbocycles. The van der Waals surface area contributed by atoms with E-state index in [9.17, 15) is 23.5 Å². The molecule has 0 spiro atoms. The van der Waals surface area contributed by atoms with Crippen LogP contribution in [-0.2, 0) is 12.0 Å². The Hall–Kier alpha value is -4.03. The molecule has 2 aromatic heterocycles. The molecule has 2 amide bonds. The molecule has 0 aliphatic rings. The minimum Gasteiger partial charge on any atom is -0.382 e. The van der Waals surface area contributed by atoms with Crippen molar-refractivity contribution in [2.24, 2.45) is 5.73 Å². The lowest BCUT2D eigenvalue weighted by atomic mass is 9.83. The van der Waals surface area contributed by atoms with Crippen molar-refractivity contribution in [3.8, 4) is 10.6 Å². The summed E-state index contributed by atoms with van der Waals surface area (Å²) < 4.78 is 28.3. The fraction of sp³-hybridized carbons (Fsp3) is 0.208. The lowest BCUT2D eigenvalue weighted by molar-refractivity contribution is -0.00148. The highest BCUT2D eigenvalue weighted by atomic mass is 32.1. The standard InChI is InChI=1S/C24H22F2N6O3S/c1-12-20(36-23(30-12)15-5-3-14(4-6-15)21(27)33)22(34)31-13(2)24(35,10-19-28-11-29-32-19)17-8-7-16(25)9-18(17)26/h3-9,11,13,35H,10H2,1-2H3,(H2,27,33)(H,31,34)(H,28,29,32)/t13-,24+/m1/s1. The van der Waals surface area contributed by atoms with Crippen molar-refractivity contribution >= 4 is 23.2 Å². The quantitative estimate of drug-likeness (QED) is 0.285. The zero-order chi connectivity index (χ0) is 26.0. The van der Waals surface area contributed by atoms with Gasteiger partial charge in [-0.2, -0.15) is 5.10 Å². The maximum Gasteiger partial charge on any atom is 0.263 e. The smallest absolute Gasteiger partial charge is 0.263 e. The van der Waals surface area contributed by atoms with Gasteiger partial charge in [-0.15, -0.1) is 11.3 Å². The Morgan fingerprint density at radius 2 is 1.94 bits per heavy atom. The second-order valence-corrected chi connectivity index (χ2v) is 9.23. The number of amides is 2. The summed E-state index contributed by atoms with van der Waals surface area (Å²) in [4.78, 5) is 33.2. The van der Waals surface area contributed by atoms with Crippen molar-refractivity contribution < 1.29 is 23.5 Å². The van der Waals surface area contributed by atoms with E-state index >= 15 is 0 Å². The average molecular weight is 513 g/mol. The van der Waals surface area contributed by atoms with Crippen LogP contribution in [-0.4, -0.2) is 43.1 Å². The molecule has 0 bridgehead atoms.